The summed E-state index contributed by atoms with van der Waals surface area (Å²) >= 11 is 0. The molecule has 0 aliphatic carbocycles. The van der Waals surface area contributed by atoms with Gasteiger partial charge in [0.2, 0.25) is 0 Å². The van der Waals surface area contributed by atoms with Gasteiger partial charge in [0.05, 0.1) is 11.9 Å². The summed E-state index contributed by atoms with van der Waals surface area (Å²) in [6.07, 6.45) is 6.36. The summed E-state index contributed by atoms with van der Waals surface area (Å²) in [7, 11) is -3.69. The van der Waals surface area contributed by atoms with E-state index in [-0.39, 0.29) is 5.82 Å². The first-order valence-corrected chi connectivity index (χ1v) is 11.3. The number of hydrogen-bond acceptors (Lipinski definition) is 3. The monoisotopic (exact) mass is 424 g/mol. The van der Waals surface area contributed by atoms with Gasteiger partial charge in [0.15, 0.2) is 0 Å². The lowest BCUT2D eigenvalue weighted by Crippen LogP contribution is -2.40. The third-order valence-electron chi connectivity index (χ3n) is 5.71. The number of hydrogen-bond donors (Lipinski definition) is 1. The molecule has 0 fully saturated rings. The first-order chi connectivity index (χ1) is 14.5. The number of aromatic amines is 1. The molecule has 0 spiro atoms. The quantitative estimate of drug-likeness (QED) is 0.696. The van der Waals surface area contributed by atoms with Crippen LogP contribution in [0, 0.1) is 5.82 Å². The molecule has 8 heteroatoms. The Morgan fingerprint density at radius 1 is 1.13 bits per heavy atom. The van der Waals surface area contributed by atoms with Gasteiger partial charge in [-0.3, -0.25) is 4.90 Å². The zero-order valence-electron chi connectivity index (χ0n) is 16.3. The van der Waals surface area contributed by atoms with Gasteiger partial charge in [-0.25, -0.2) is 8.70 Å². The van der Waals surface area contributed by atoms with Crippen LogP contribution in [-0.4, -0.2) is 50.7 Å². The Bertz CT molecular complexity index is 1280. The van der Waals surface area contributed by atoms with Crippen molar-refractivity contribution in [1.82, 2.24) is 9.88 Å². The number of rotatable bonds is 4. The Balaban J connectivity index is 1.29. The van der Waals surface area contributed by atoms with Crippen molar-refractivity contribution in [3.63, 3.8) is 0 Å². The van der Waals surface area contributed by atoms with Gasteiger partial charge >= 0.3 is 10.2 Å². The number of H-pyrrole nitrogens is 1. The Morgan fingerprint density at radius 3 is 2.83 bits per heavy atom. The highest BCUT2D eigenvalue weighted by molar-refractivity contribution is 7.91. The second-order valence-electron chi connectivity index (χ2n) is 7.52. The summed E-state index contributed by atoms with van der Waals surface area (Å²) < 4.78 is 43.4. The standard InChI is InChI=1S/C22H21FN4O2S/c23-18-5-6-19-20(15-24-21(19)13-18)16-7-9-26(10-8-16)11-12-27-22-4-2-1-3-17(22)14-25-30(27,28)29/h1-7,13-15,24H,8-12H2. The number of aromatic nitrogens is 1. The summed E-state index contributed by atoms with van der Waals surface area (Å²) in [5.74, 6) is -0.252. The number of halogens is 1. The number of para-hydroxylation sites is 1. The van der Waals surface area contributed by atoms with Crippen LogP contribution in [0.3, 0.4) is 0 Å². The number of fused-ring (bicyclic) bond motifs is 2. The molecule has 2 aliphatic rings. The van der Waals surface area contributed by atoms with E-state index in [1.165, 1.54) is 28.2 Å². The normalized spacial score (nSPS) is 18.4. The lowest BCUT2D eigenvalue weighted by molar-refractivity contribution is 0.311. The van der Waals surface area contributed by atoms with Crippen LogP contribution in [0.5, 0.6) is 0 Å². The van der Waals surface area contributed by atoms with E-state index in [1.54, 1.807) is 0 Å². The van der Waals surface area contributed by atoms with Gasteiger partial charge in [-0.2, -0.15) is 12.8 Å². The summed E-state index contributed by atoms with van der Waals surface area (Å²) in [6, 6.07) is 12.2. The predicted molar refractivity (Wildman–Crippen MR) is 118 cm³/mol. The van der Waals surface area contributed by atoms with Crippen molar-refractivity contribution in [2.45, 2.75) is 6.42 Å². The summed E-state index contributed by atoms with van der Waals surface area (Å²) in [5.41, 5.74) is 4.61. The largest absolute Gasteiger partial charge is 0.360 e. The van der Waals surface area contributed by atoms with E-state index < -0.39 is 10.2 Å². The molecule has 0 bridgehead atoms. The zero-order chi connectivity index (χ0) is 20.7. The molecule has 1 aromatic heterocycles. The van der Waals surface area contributed by atoms with Crippen molar-refractivity contribution in [3.05, 3.63) is 71.7 Å². The third kappa shape index (κ3) is 3.42. The van der Waals surface area contributed by atoms with Crippen LogP contribution in [0.25, 0.3) is 16.5 Å². The van der Waals surface area contributed by atoms with Gasteiger partial charge in [-0.05, 0) is 36.3 Å². The van der Waals surface area contributed by atoms with Gasteiger partial charge < -0.3 is 4.98 Å². The van der Waals surface area contributed by atoms with E-state index in [0.717, 1.165) is 41.5 Å². The van der Waals surface area contributed by atoms with Crippen LogP contribution in [0.1, 0.15) is 17.5 Å². The minimum absolute atomic E-state index is 0.252. The fourth-order valence-corrected chi connectivity index (χ4v) is 5.21. The van der Waals surface area contributed by atoms with Crippen LogP contribution in [0.2, 0.25) is 0 Å². The molecule has 2 aromatic carbocycles. The maximum atomic E-state index is 13.4. The summed E-state index contributed by atoms with van der Waals surface area (Å²) in [4.78, 5) is 5.37. The van der Waals surface area contributed by atoms with E-state index >= 15 is 0 Å². The average Bonchev–Trinajstić information content (AvgIpc) is 3.16. The number of nitrogens with zero attached hydrogens (tertiary/aromatic N) is 3. The lowest BCUT2D eigenvalue weighted by atomic mass is 9.99. The minimum Gasteiger partial charge on any atom is -0.360 e. The van der Waals surface area contributed by atoms with Crippen molar-refractivity contribution in [3.8, 4) is 0 Å². The molecule has 30 heavy (non-hydrogen) atoms. The lowest BCUT2D eigenvalue weighted by Gasteiger charge is -2.31. The molecule has 0 saturated heterocycles. The third-order valence-corrected chi connectivity index (χ3v) is 7.02. The molecule has 0 saturated carbocycles. The molecular weight excluding hydrogens is 403 g/mol. The second kappa shape index (κ2) is 7.37. The number of benzene rings is 2. The molecule has 6 nitrogen and oxygen atoms in total. The van der Waals surface area contributed by atoms with Gasteiger partial charge in [-0.1, -0.05) is 24.3 Å². The Morgan fingerprint density at radius 2 is 2.00 bits per heavy atom. The Labute approximate surface area is 174 Å². The van der Waals surface area contributed by atoms with Gasteiger partial charge in [-0.15, -0.1) is 0 Å². The summed E-state index contributed by atoms with van der Waals surface area (Å²) in [5, 5.41) is 1.02. The Hall–Kier alpha value is -2.97. The van der Waals surface area contributed by atoms with Crippen LogP contribution in [-0.2, 0) is 10.2 Å². The van der Waals surface area contributed by atoms with Crippen LogP contribution < -0.4 is 4.31 Å². The molecular formula is C22H21FN4O2S. The average molecular weight is 425 g/mol. The van der Waals surface area contributed by atoms with Crippen LogP contribution >= 0.6 is 0 Å². The first-order valence-electron chi connectivity index (χ1n) is 9.87. The van der Waals surface area contributed by atoms with Crippen LogP contribution in [0.4, 0.5) is 10.1 Å². The molecule has 0 atom stereocenters. The van der Waals surface area contributed by atoms with Crippen LogP contribution in [0.15, 0.2) is 59.1 Å². The molecule has 1 N–H and O–H groups in total. The molecule has 3 aromatic rings. The number of anilines is 1. The molecule has 154 valence electrons. The van der Waals surface area contributed by atoms with Gasteiger partial charge in [0, 0.05) is 54.4 Å². The fraction of sp³-hybridized carbons (Fsp3) is 0.227. The van der Waals surface area contributed by atoms with Crippen molar-refractivity contribution in [1.29, 1.82) is 0 Å². The van der Waals surface area contributed by atoms with E-state index in [4.69, 9.17) is 0 Å². The molecule has 0 radical (unpaired) electrons. The van der Waals surface area contributed by atoms with Crippen molar-refractivity contribution < 1.29 is 12.8 Å². The van der Waals surface area contributed by atoms with E-state index in [9.17, 15) is 12.8 Å². The van der Waals surface area contributed by atoms with E-state index in [0.29, 0.717) is 18.8 Å². The molecule has 0 amide bonds. The highest BCUT2D eigenvalue weighted by Crippen LogP contribution is 2.30. The highest BCUT2D eigenvalue weighted by atomic mass is 32.2. The zero-order valence-corrected chi connectivity index (χ0v) is 17.1. The second-order valence-corrected chi connectivity index (χ2v) is 9.06. The smallest absolute Gasteiger partial charge is 0.344 e. The minimum atomic E-state index is -3.69. The molecule has 2 aliphatic heterocycles. The Kier molecular flexibility index (Phi) is 4.67. The predicted octanol–water partition coefficient (Wildman–Crippen LogP) is 3.58. The molecule has 5 rings (SSSR count). The van der Waals surface area contributed by atoms with Gasteiger partial charge in [0.1, 0.15) is 5.82 Å². The number of nitrogens with one attached hydrogen (secondary N) is 1. The van der Waals surface area contributed by atoms with Crippen molar-refractivity contribution in [2.75, 3.05) is 30.5 Å². The van der Waals surface area contributed by atoms with Gasteiger partial charge in [0.25, 0.3) is 0 Å². The first kappa shape index (κ1) is 19.0. The van der Waals surface area contributed by atoms with Crippen molar-refractivity contribution >= 4 is 38.6 Å². The summed E-state index contributed by atoms with van der Waals surface area (Å²) in [6.45, 7) is 2.54. The topological polar surface area (TPSA) is 68.8 Å². The van der Waals surface area contributed by atoms with E-state index in [2.05, 4.69) is 20.4 Å². The fourth-order valence-electron chi connectivity index (χ4n) is 4.12. The highest BCUT2D eigenvalue weighted by Gasteiger charge is 2.27. The molecule has 0 unspecified atom stereocenters. The van der Waals surface area contributed by atoms with Crippen molar-refractivity contribution in [2.24, 2.45) is 4.40 Å². The maximum Gasteiger partial charge on any atom is 0.344 e. The maximum absolute atomic E-state index is 13.4. The molecule has 3 heterocycles. The SMILES string of the molecule is O=S1(=O)N=Cc2ccccc2N1CCN1CC=C(c2c[nH]c3cc(F)ccc23)CC1. The van der Waals surface area contributed by atoms with E-state index in [1.807, 2.05) is 36.5 Å².